The van der Waals surface area contributed by atoms with Gasteiger partial charge in [0.25, 0.3) is 0 Å². The Morgan fingerprint density at radius 2 is 1.91 bits per heavy atom. The zero-order valence-electron chi connectivity index (χ0n) is 14.0. The van der Waals surface area contributed by atoms with Gasteiger partial charge in [-0.05, 0) is 57.8 Å². The Labute approximate surface area is 135 Å². The summed E-state index contributed by atoms with van der Waals surface area (Å²) in [6.45, 7) is 6.98. The first-order chi connectivity index (χ1) is 10.8. The number of hydrogen-bond acceptors (Lipinski definition) is 2. The number of nitrogens with zero attached hydrogens (tertiary/aromatic N) is 2. The monoisotopic (exact) mass is 302 g/mol. The normalized spacial score (nSPS) is 17.5. The zero-order chi connectivity index (χ0) is 15.6. The summed E-state index contributed by atoms with van der Waals surface area (Å²) in [6, 6.07) is 10.7. The fourth-order valence-electron chi connectivity index (χ4n) is 2.90. The van der Waals surface area contributed by atoms with Crippen LogP contribution in [0, 0.1) is 0 Å². The Morgan fingerprint density at radius 1 is 1.18 bits per heavy atom. The molecule has 0 saturated carbocycles. The van der Waals surface area contributed by atoms with E-state index in [0.717, 1.165) is 12.5 Å². The van der Waals surface area contributed by atoms with Crippen LogP contribution in [0.3, 0.4) is 0 Å². The van der Waals surface area contributed by atoms with Crippen molar-refractivity contribution in [3.8, 4) is 0 Å². The number of guanidine groups is 1. The van der Waals surface area contributed by atoms with Crippen LogP contribution in [-0.4, -0.2) is 44.1 Å². The summed E-state index contributed by atoms with van der Waals surface area (Å²) in [5.74, 6) is 0.887. The predicted octanol–water partition coefficient (Wildman–Crippen LogP) is 2.79. The lowest BCUT2D eigenvalue weighted by Gasteiger charge is -2.19. The highest BCUT2D eigenvalue weighted by molar-refractivity contribution is 5.80. The summed E-state index contributed by atoms with van der Waals surface area (Å²) >= 11 is 0. The van der Waals surface area contributed by atoms with Crippen LogP contribution in [0.15, 0.2) is 35.3 Å². The van der Waals surface area contributed by atoms with E-state index in [2.05, 4.69) is 51.7 Å². The van der Waals surface area contributed by atoms with Crippen molar-refractivity contribution < 1.29 is 0 Å². The Hall–Kier alpha value is -1.55. The molecule has 0 aromatic heterocycles. The molecule has 2 rings (SSSR count). The topological polar surface area (TPSA) is 39.7 Å². The van der Waals surface area contributed by atoms with Crippen molar-refractivity contribution in [2.45, 2.75) is 38.6 Å². The molecule has 0 amide bonds. The third-order valence-corrected chi connectivity index (χ3v) is 4.27. The predicted molar refractivity (Wildman–Crippen MR) is 94.3 cm³/mol. The summed E-state index contributed by atoms with van der Waals surface area (Å²) in [5, 5.41) is 6.86. The maximum Gasteiger partial charge on any atom is 0.191 e. The van der Waals surface area contributed by atoms with E-state index in [9.17, 15) is 0 Å². The molecule has 1 saturated heterocycles. The number of rotatable bonds is 7. The highest BCUT2D eigenvalue weighted by atomic mass is 15.2. The van der Waals surface area contributed by atoms with Crippen LogP contribution in [0.2, 0.25) is 0 Å². The molecule has 1 aliphatic heterocycles. The third kappa shape index (κ3) is 5.68. The summed E-state index contributed by atoms with van der Waals surface area (Å²) in [4.78, 5) is 6.89. The van der Waals surface area contributed by atoms with Crippen molar-refractivity contribution in [1.82, 2.24) is 15.5 Å². The Morgan fingerprint density at radius 3 is 2.59 bits per heavy atom. The molecule has 4 nitrogen and oxygen atoms in total. The lowest BCUT2D eigenvalue weighted by molar-refractivity contribution is 0.330. The minimum absolute atomic E-state index is 0.261. The molecule has 0 spiro atoms. The highest BCUT2D eigenvalue weighted by Crippen LogP contribution is 2.10. The van der Waals surface area contributed by atoms with Crippen LogP contribution in [-0.2, 0) is 0 Å². The van der Waals surface area contributed by atoms with Gasteiger partial charge in [0, 0.05) is 13.6 Å². The van der Waals surface area contributed by atoms with Crippen molar-refractivity contribution in [3.63, 3.8) is 0 Å². The molecule has 22 heavy (non-hydrogen) atoms. The van der Waals surface area contributed by atoms with Gasteiger partial charge in [-0.25, -0.2) is 0 Å². The molecular formula is C18H30N4. The van der Waals surface area contributed by atoms with Gasteiger partial charge in [-0.3, -0.25) is 4.99 Å². The van der Waals surface area contributed by atoms with Crippen LogP contribution >= 0.6 is 0 Å². The van der Waals surface area contributed by atoms with Crippen molar-refractivity contribution in [2.75, 3.05) is 33.2 Å². The van der Waals surface area contributed by atoms with Crippen LogP contribution in [0.25, 0.3) is 0 Å². The molecule has 0 aliphatic carbocycles. The first-order valence-electron chi connectivity index (χ1n) is 8.54. The Bertz CT molecular complexity index is 438. The van der Waals surface area contributed by atoms with Gasteiger partial charge in [0.05, 0.1) is 6.04 Å². The van der Waals surface area contributed by atoms with E-state index in [1.54, 1.807) is 0 Å². The maximum atomic E-state index is 4.31. The minimum Gasteiger partial charge on any atom is -0.356 e. The van der Waals surface area contributed by atoms with Gasteiger partial charge in [-0.1, -0.05) is 30.3 Å². The lowest BCUT2D eigenvalue weighted by atomic mass is 10.1. The van der Waals surface area contributed by atoms with Gasteiger partial charge in [0.15, 0.2) is 5.96 Å². The fourth-order valence-corrected chi connectivity index (χ4v) is 2.90. The first-order valence-corrected chi connectivity index (χ1v) is 8.54. The van der Waals surface area contributed by atoms with Crippen LogP contribution < -0.4 is 10.6 Å². The molecule has 1 heterocycles. The summed E-state index contributed by atoms with van der Waals surface area (Å²) in [7, 11) is 1.83. The number of benzene rings is 1. The van der Waals surface area contributed by atoms with E-state index in [-0.39, 0.29) is 6.04 Å². The second-order valence-electron chi connectivity index (χ2n) is 6.03. The number of nitrogens with one attached hydrogen (secondary N) is 2. The van der Waals surface area contributed by atoms with Gasteiger partial charge >= 0.3 is 0 Å². The van der Waals surface area contributed by atoms with Gasteiger partial charge in [0.1, 0.15) is 0 Å². The van der Waals surface area contributed by atoms with Crippen molar-refractivity contribution >= 4 is 5.96 Å². The zero-order valence-corrected chi connectivity index (χ0v) is 14.0. The van der Waals surface area contributed by atoms with Crippen LogP contribution in [0.5, 0.6) is 0 Å². The van der Waals surface area contributed by atoms with Gasteiger partial charge in [-0.2, -0.15) is 0 Å². The molecule has 1 aliphatic rings. The van der Waals surface area contributed by atoms with Crippen LogP contribution in [0.1, 0.15) is 44.2 Å². The number of aliphatic imine (C=N–C) groups is 1. The van der Waals surface area contributed by atoms with E-state index >= 15 is 0 Å². The molecule has 0 radical (unpaired) electrons. The van der Waals surface area contributed by atoms with E-state index in [1.807, 2.05) is 13.1 Å². The van der Waals surface area contributed by atoms with E-state index in [1.165, 1.54) is 50.9 Å². The standard InChI is InChI=1S/C18H30N4/c1-16(17-10-4-3-5-11-17)21-18(19-2)20-12-6-7-13-22-14-8-9-15-22/h3-5,10-11,16H,6-9,12-15H2,1-2H3,(H2,19,20,21). The number of hydrogen-bond donors (Lipinski definition) is 2. The third-order valence-electron chi connectivity index (χ3n) is 4.27. The highest BCUT2D eigenvalue weighted by Gasteiger charge is 2.10. The largest absolute Gasteiger partial charge is 0.356 e. The van der Waals surface area contributed by atoms with Crippen molar-refractivity contribution in [2.24, 2.45) is 4.99 Å². The van der Waals surface area contributed by atoms with Crippen LogP contribution in [0.4, 0.5) is 0 Å². The van der Waals surface area contributed by atoms with Crippen molar-refractivity contribution in [1.29, 1.82) is 0 Å². The van der Waals surface area contributed by atoms with E-state index in [4.69, 9.17) is 0 Å². The van der Waals surface area contributed by atoms with E-state index < -0.39 is 0 Å². The second-order valence-corrected chi connectivity index (χ2v) is 6.03. The van der Waals surface area contributed by atoms with Crippen molar-refractivity contribution in [3.05, 3.63) is 35.9 Å². The molecule has 0 bridgehead atoms. The molecule has 1 aromatic carbocycles. The fraction of sp³-hybridized carbons (Fsp3) is 0.611. The first kappa shape index (κ1) is 16.8. The minimum atomic E-state index is 0.261. The Kier molecular flexibility index (Phi) is 7.23. The summed E-state index contributed by atoms with van der Waals surface area (Å²) in [6.07, 6.45) is 5.22. The smallest absolute Gasteiger partial charge is 0.191 e. The molecule has 122 valence electrons. The number of likely N-dealkylation sites (tertiary alicyclic amines) is 1. The molecule has 2 N–H and O–H groups in total. The second kappa shape index (κ2) is 9.46. The summed E-state index contributed by atoms with van der Waals surface area (Å²) < 4.78 is 0. The summed E-state index contributed by atoms with van der Waals surface area (Å²) in [5.41, 5.74) is 1.28. The average Bonchev–Trinajstić information content (AvgIpc) is 3.07. The molecule has 1 unspecified atom stereocenters. The molecule has 1 fully saturated rings. The molecule has 1 atom stereocenters. The Balaban J connectivity index is 1.62. The van der Waals surface area contributed by atoms with Gasteiger partial charge in [0.2, 0.25) is 0 Å². The maximum absolute atomic E-state index is 4.31. The van der Waals surface area contributed by atoms with Gasteiger partial charge < -0.3 is 15.5 Å². The average molecular weight is 302 g/mol. The SMILES string of the molecule is CN=C(NCCCCN1CCCC1)NC(C)c1ccccc1. The molecule has 1 aromatic rings. The quantitative estimate of drug-likeness (QED) is 0.462. The lowest BCUT2D eigenvalue weighted by Crippen LogP contribution is -2.39. The van der Waals surface area contributed by atoms with Gasteiger partial charge in [-0.15, -0.1) is 0 Å². The van der Waals surface area contributed by atoms with E-state index in [0.29, 0.717) is 0 Å². The molecule has 4 heteroatoms. The molecular weight excluding hydrogens is 272 g/mol. The number of unbranched alkanes of at least 4 members (excludes halogenated alkanes) is 1.